The molecule has 2 aromatic carbocycles. The Morgan fingerprint density at radius 3 is 2.46 bits per heavy atom. The first-order valence-electron chi connectivity index (χ1n) is 8.09. The minimum absolute atomic E-state index is 0.00631. The summed E-state index contributed by atoms with van der Waals surface area (Å²) in [5, 5.41) is 3.25. The van der Waals surface area contributed by atoms with Gasteiger partial charge in [-0.1, -0.05) is 30.3 Å². The normalized spacial score (nSPS) is 10.5. The van der Waals surface area contributed by atoms with Gasteiger partial charge < -0.3 is 14.6 Å². The van der Waals surface area contributed by atoms with E-state index in [2.05, 4.69) is 5.32 Å². The van der Waals surface area contributed by atoms with Gasteiger partial charge in [0.1, 0.15) is 11.1 Å². The number of hydrogen-bond donors (Lipinski definition) is 1. The second-order valence-electron chi connectivity index (χ2n) is 5.92. The molecule has 0 fully saturated rings. The predicted molar refractivity (Wildman–Crippen MR) is 98.1 cm³/mol. The maximum absolute atomic E-state index is 12.6. The molecule has 0 aliphatic carbocycles. The molecule has 132 valence electrons. The van der Waals surface area contributed by atoms with Gasteiger partial charge in [-0.3, -0.25) is 9.59 Å². The molecule has 0 saturated heterocycles. The van der Waals surface area contributed by atoms with Crippen molar-refractivity contribution in [1.82, 2.24) is 10.2 Å². The molecule has 0 unspecified atom stereocenters. The molecule has 6 nitrogen and oxygen atoms in total. The van der Waals surface area contributed by atoms with Crippen LogP contribution in [0.25, 0.3) is 11.0 Å². The molecule has 0 saturated carbocycles. The summed E-state index contributed by atoms with van der Waals surface area (Å²) in [6.45, 7) is 0.305. The Hall–Kier alpha value is -3.41. The Morgan fingerprint density at radius 1 is 1.08 bits per heavy atom. The standard InChI is InChI=1S/C20H18N2O4/c1-21-18(23)14-9-7-13(8-10-14)12-22(2)19(24)16-11-15-5-3-4-6-17(15)26-20(16)25/h3-11H,12H2,1-2H3,(H,21,23). The number of fused-ring (bicyclic) bond motifs is 1. The van der Waals surface area contributed by atoms with Gasteiger partial charge in [0, 0.05) is 31.6 Å². The van der Waals surface area contributed by atoms with E-state index in [9.17, 15) is 14.4 Å². The lowest BCUT2D eigenvalue weighted by Crippen LogP contribution is -2.30. The van der Waals surface area contributed by atoms with Crippen LogP contribution in [-0.2, 0) is 6.54 Å². The van der Waals surface area contributed by atoms with Crippen molar-refractivity contribution in [2.24, 2.45) is 0 Å². The molecule has 1 aromatic heterocycles. The average Bonchev–Trinajstić information content (AvgIpc) is 2.66. The van der Waals surface area contributed by atoms with Crippen molar-refractivity contribution < 1.29 is 14.0 Å². The molecular formula is C20H18N2O4. The molecule has 0 radical (unpaired) electrons. The smallest absolute Gasteiger partial charge is 0.349 e. The second kappa shape index (κ2) is 7.23. The third-order valence-electron chi connectivity index (χ3n) is 4.08. The van der Waals surface area contributed by atoms with Crippen LogP contribution >= 0.6 is 0 Å². The summed E-state index contributed by atoms with van der Waals surface area (Å²) in [5.74, 6) is -0.588. The molecule has 26 heavy (non-hydrogen) atoms. The zero-order chi connectivity index (χ0) is 18.7. The van der Waals surface area contributed by atoms with Gasteiger partial charge in [0.2, 0.25) is 0 Å². The maximum atomic E-state index is 12.6. The first-order valence-corrected chi connectivity index (χ1v) is 8.09. The number of nitrogens with zero attached hydrogens (tertiary/aromatic N) is 1. The summed E-state index contributed by atoms with van der Waals surface area (Å²) in [4.78, 5) is 37.8. The Balaban J connectivity index is 1.80. The van der Waals surface area contributed by atoms with Gasteiger partial charge in [-0.15, -0.1) is 0 Å². The molecule has 1 N–H and O–H groups in total. The maximum Gasteiger partial charge on any atom is 0.349 e. The molecule has 3 rings (SSSR count). The lowest BCUT2D eigenvalue weighted by Gasteiger charge is -2.17. The number of rotatable bonds is 4. The highest BCUT2D eigenvalue weighted by atomic mass is 16.4. The van der Waals surface area contributed by atoms with Crippen LogP contribution in [0.3, 0.4) is 0 Å². The molecule has 0 aliphatic heterocycles. The zero-order valence-electron chi connectivity index (χ0n) is 14.5. The fraction of sp³-hybridized carbons (Fsp3) is 0.150. The molecule has 0 spiro atoms. The number of carbonyl (C=O) groups excluding carboxylic acids is 2. The van der Waals surface area contributed by atoms with E-state index < -0.39 is 11.5 Å². The monoisotopic (exact) mass is 350 g/mol. The Kier molecular flexibility index (Phi) is 4.84. The van der Waals surface area contributed by atoms with Crippen molar-refractivity contribution >= 4 is 22.8 Å². The van der Waals surface area contributed by atoms with E-state index in [1.165, 1.54) is 4.90 Å². The Morgan fingerprint density at radius 2 is 1.77 bits per heavy atom. The molecule has 1 heterocycles. The highest BCUT2D eigenvalue weighted by Gasteiger charge is 2.18. The van der Waals surface area contributed by atoms with Crippen molar-refractivity contribution in [1.29, 1.82) is 0 Å². The van der Waals surface area contributed by atoms with E-state index in [1.54, 1.807) is 62.6 Å². The second-order valence-corrected chi connectivity index (χ2v) is 5.92. The van der Waals surface area contributed by atoms with E-state index in [-0.39, 0.29) is 11.5 Å². The topological polar surface area (TPSA) is 79.6 Å². The number of para-hydroxylation sites is 1. The lowest BCUT2D eigenvalue weighted by atomic mass is 10.1. The number of hydrogen-bond acceptors (Lipinski definition) is 4. The highest BCUT2D eigenvalue weighted by molar-refractivity contribution is 5.96. The van der Waals surface area contributed by atoms with E-state index >= 15 is 0 Å². The van der Waals surface area contributed by atoms with Crippen LogP contribution in [0.4, 0.5) is 0 Å². The Bertz CT molecular complexity index is 1020. The quantitative estimate of drug-likeness (QED) is 0.733. The Labute approximate surface area is 150 Å². The van der Waals surface area contributed by atoms with Crippen LogP contribution in [0, 0.1) is 0 Å². The van der Waals surface area contributed by atoms with Crippen LogP contribution in [0.5, 0.6) is 0 Å². The SMILES string of the molecule is CNC(=O)c1ccc(CN(C)C(=O)c2cc3ccccc3oc2=O)cc1. The fourth-order valence-corrected chi connectivity index (χ4v) is 2.67. The molecule has 2 amide bonds. The number of nitrogens with one attached hydrogen (secondary N) is 1. The summed E-state index contributed by atoms with van der Waals surface area (Å²) >= 11 is 0. The summed E-state index contributed by atoms with van der Waals surface area (Å²) < 4.78 is 5.22. The first kappa shape index (κ1) is 17.4. The van der Waals surface area contributed by atoms with Crippen molar-refractivity contribution in [3.05, 3.63) is 81.7 Å². The minimum atomic E-state index is -0.657. The van der Waals surface area contributed by atoms with E-state index in [0.717, 1.165) is 5.56 Å². The summed E-state index contributed by atoms with van der Waals surface area (Å²) in [6.07, 6.45) is 0. The summed E-state index contributed by atoms with van der Waals surface area (Å²) in [7, 11) is 3.18. The van der Waals surface area contributed by atoms with E-state index in [4.69, 9.17) is 4.42 Å². The van der Waals surface area contributed by atoms with Gasteiger partial charge in [-0.25, -0.2) is 4.79 Å². The van der Waals surface area contributed by atoms with E-state index in [0.29, 0.717) is 23.1 Å². The van der Waals surface area contributed by atoms with Crippen LogP contribution in [0.15, 0.2) is 63.8 Å². The van der Waals surface area contributed by atoms with Crippen molar-refractivity contribution in [3.8, 4) is 0 Å². The van der Waals surface area contributed by atoms with Gasteiger partial charge in [0.05, 0.1) is 0 Å². The third-order valence-corrected chi connectivity index (χ3v) is 4.08. The summed E-state index contributed by atoms with van der Waals surface area (Å²) in [6, 6.07) is 15.5. The van der Waals surface area contributed by atoms with Gasteiger partial charge in [-0.05, 0) is 29.8 Å². The molecule has 0 atom stereocenters. The van der Waals surface area contributed by atoms with Gasteiger partial charge in [-0.2, -0.15) is 0 Å². The third kappa shape index (κ3) is 3.49. The molecular weight excluding hydrogens is 332 g/mol. The van der Waals surface area contributed by atoms with Crippen LogP contribution in [0.2, 0.25) is 0 Å². The van der Waals surface area contributed by atoms with Gasteiger partial charge in [0.25, 0.3) is 11.8 Å². The predicted octanol–water partition coefficient (Wildman–Crippen LogP) is 2.42. The first-order chi connectivity index (χ1) is 12.5. The fourth-order valence-electron chi connectivity index (χ4n) is 2.67. The minimum Gasteiger partial charge on any atom is -0.422 e. The van der Waals surface area contributed by atoms with Crippen LogP contribution < -0.4 is 10.9 Å². The summed E-state index contributed by atoms with van der Waals surface area (Å²) in [5.41, 5.74) is 1.17. The van der Waals surface area contributed by atoms with Crippen molar-refractivity contribution in [2.75, 3.05) is 14.1 Å². The number of amides is 2. The van der Waals surface area contributed by atoms with Crippen molar-refractivity contribution in [3.63, 3.8) is 0 Å². The lowest BCUT2D eigenvalue weighted by molar-refractivity contribution is 0.0780. The average molecular weight is 350 g/mol. The number of benzene rings is 2. The highest BCUT2D eigenvalue weighted by Crippen LogP contribution is 2.14. The molecule has 0 bridgehead atoms. The van der Waals surface area contributed by atoms with E-state index in [1.807, 2.05) is 6.07 Å². The van der Waals surface area contributed by atoms with Crippen LogP contribution in [-0.4, -0.2) is 30.8 Å². The largest absolute Gasteiger partial charge is 0.422 e. The van der Waals surface area contributed by atoms with Gasteiger partial charge >= 0.3 is 5.63 Å². The van der Waals surface area contributed by atoms with Crippen LogP contribution in [0.1, 0.15) is 26.3 Å². The molecule has 3 aromatic rings. The number of carbonyl (C=O) groups is 2. The zero-order valence-corrected chi connectivity index (χ0v) is 14.5. The van der Waals surface area contributed by atoms with Gasteiger partial charge in [0.15, 0.2) is 0 Å². The molecule has 6 heteroatoms. The van der Waals surface area contributed by atoms with Crippen molar-refractivity contribution in [2.45, 2.75) is 6.54 Å². The molecule has 0 aliphatic rings.